The van der Waals surface area contributed by atoms with Gasteiger partial charge in [-0.05, 0) is 18.2 Å². The maximum absolute atomic E-state index is 10.6. The molecular formula is C15H13N3O3. The Kier molecular flexibility index (Phi) is 4.72. The van der Waals surface area contributed by atoms with Crippen LogP contribution in [0.3, 0.4) is 0 Å². The van der Waals surface area contributed by atoms with Crippen LogP contribution in [0.4, 0.5) is 11.4 Å². The molecule has 6 nitrogen and oxygen atoms in total. The molecular weight excluding hydrogens is 270 g/mol. The Labute approximate surface area is 121 Å². The maximum atomic E-state index is 10.6. The number of hydrogen-bond acceptors (Lipinski definition) is 5. The number of nitrogens with one attached hydrogen (secondary N) is 1. The lowest BCUT2D eigenvalue weighted by atomic mass is 10.2. The van der Waals surface area contributed by atoms with E-state index in [1.54, 1.807) is 18.2 Å². The summed E-state index contributed by atoms with van der Waals surface area (Å²) in [5.74, 6) is 0.647. The van der Waals surface area contributed by atoms with Crippen molar-refractivity contribution in [3.63, 3.8) is 0 Å². The van der Waals surface area contributed by atoms with E-state index in [2.05, 4.69) is 5.32 Å². The van der Waals surface area contributed by atoms with Gasteiger partial charge in [0.1, 0.15) is 11.8 Å². The standard InChI is InChI=1S/C15H13N3O3/c16-9-10-21-15-4-2-1-3-12(15)11-17-13-5-7-14(8-6-13)18(19)20/h1-8,17H,10-11H2. The van der Waals surface area contributed by atoms with Crippen LogP contribution in [-0.4, -0.2) is 11.5 Å². The van der Waals surface area contributed by atoms with Gasteiger partial charge in [-0.2, -0.15) is 5.26 Å². The molecule has 0 saturated heterocycles. The molecule has 0 atom stereocenters. The number of nitro benzene ring substituents is 1. The van der Waals surface area contributed by atoms with Gasteiger partial charge in [0.2, 0.25) is 0 Å². The van der Waals surface area contributed by atoms with Crippen molar-refractivity contribution in [2.75, 3.05) is 11.9 Å². The number of ether oxygens (including phenoxy) is 1. The summed E-state index contributed by atoms with van der Waals surface area (Å²) in [6.07, 6.45) is 0. The molecule has 2 rings (SSSR count). The molecule has 0 aliphatic heterocycles. The molecule has 21 heavy (non-hydrogen) atoms. The van der Waals surface area contributed by atoms with E-state index in [0.29, 0.717) is 12.3 Å². The van der Waals surface area contributed by atoms with Crippen LogP contribution in [-0.2, 0) is 6.54 Å². The van der Waals surface area contributed by atoms with E-state index in [-0.39, 0.29) is 12.3 Å². The quantitative estimate of drug-likeness (QED) is 0.650. The third kappa shape index (κ3) is 3.94. The predicted octanol–water partition coefficient (Wildman–Crippen LogP) is 3.11. The summed E-state index contributed by atoms with van der Waals surface area (Å²) in [6, 6.07) is 15.5. The minimum atomic E-state index is -0.436. The average molecular weight is 283 g/mol. The molecule has 0 radical (unpaired) electrons. The zero-order valence-corrected chi connectivity index (χ0v) is 11.2. The smallest absolute Gasteiger partial charge is 0.269 e. The minimum Gasteiger partial charge on any atom is -0.478 e. The van der Waals surface area contributed by atoms with Crippen molar-refractivity contribution in [3.05, 3.63) is 64.2 Å². The Morgan fingerprint density at radius 2 is 1.90 bits per heavy atom. The van der Waals surface area contributed by atoms with Crippen LogP contribution in [0, 0.1) is 21.4 Å². The Balaban J connectivity index is 2.02. The lowest BCUT2D eigenvalue weighted by Gasteiger charge is -2.11. The van der Waals surface area contributed by atoms with E-state index in [9.17, 15) is 10.1 Å². The van der Waals surface area contributed by atoms with Gasteiger partial charge in [0.15, 0.2) is 6.61 Å². The number of para-hydroxylation sites is 1. The molecule has 1 N–H and O–H groups in total. The number of hydrogen-bond donors (Lipinski definition) is 1. The number of nitrogens with zero attached hydrogens (tertiary/aromatic N) is 2. The van der Waals surface area contributed by atoms with Gasteiger partial charge in [-0.3, -0.25) is 10.1 Å². The summed E-state index contributed by atoms with van der Waals surface area (Å²) in [4.78, 5) is 10.1. The normalized spacial score (nSPS) is 9.67. The second-order valence-corrected chi connectivity index (χ2v) is 4.21. The van der Waals surface area contributed by atoms with Crippen LogP contribution in [0.25, 0.3) is 0 Å². The topological polar surface area (TPSA) is 88.2 Å². The van der Waals surface area contributed by atoms with Crippen LogP contribution >= 0.6 is 0 Å². The van der Waals surface area contributed by atoms with Gasteiger partial charge in [0, 0.05) is 29.9 Å². The molecule has 0 heterocycles. The van der Waals surface area contributed by atoms with E-state index in [0.717, 1.165) is 11.3 Å². The maximum Gasteiger partial charge on any atom is 0.269 e. The molecule has 2 aromatic carbocycles. The predicted molar refractivity (Wildman–Crippen MR) is 78.0 cm³/mol. The second kappa shape index (κ2) is 6.91. The van der Waals surface area contributed by atoms with Crippen LogP contribution in [0.15, 0.2) is 48.5 Å². The van der Waals surface area contributed by atoms with Crippen molar-refractivity contribution in [1.82, 2.24) is 0 Å². The Bertz CT molecular complexity index is 663. The van der Waals surface area contributed by atoms with Crippen LogP contribution < -0.4 is 10.1 Å². The summed E-state index contributed by atoms with van der Waals surface area (Å²) in [6.45, 7) is 0.494. The van der Waals surface area contributed by atoms with Crippen LogP contribution in [0.5, 0.6) is 5.75 Å². The third-order valence-corrected chi connectivity index (χ3v) is 2.83. The van der Waals surface area contributed by atoms with Crippen molar-refractivity contribution >= 4 is 11.4 Å². The lowest BCUT2D eigenvalue weighted by Crippen LogP contribution is -2.03. The van der Waals surface area contributed by atoms with Crippen molar-refractivity contribution in [2.24, 2.45) is 0 Å². The fourth-order valence-corrected chi connectivity index (χ4v) is 1.80. The number of nitro groups is 1. The van der Waals surface area contributed by atoms with Crippen LogP contribution in [0.1, 0.15) is 5.56 Å². The summed E-state index contributed by atoms with van der Waals surface area (Å²) >= 11 is 0. The summed E-state index contributed by atoms with van der Waals surface area (Å²) in [5, 5.41) is 22.3. The van der Waals surface area contributed by atoms with Crippen molar-refractivity contribution in [3.8, 4) is 11.8 Å². The van der Waals surface area contributed by atoms with Gasteiger partial charge in [0.05, 0.1) is 4.92 Å². The molecule has 0 aromatic heterocycles. The molecule has 0 aliphatic carbocycles. The molecule has 0 bridgehead atoms. The fraction of sp³-hybridized carbons (Fsp3) is 0.133. The highest BCUT2D eigenvalue weighted by Gasteiger charge is 2.05. The highest BCUT2D eigenvalue weighted by molar-refractivity contribution is 5.49. The molecule has 106 valence electrons. The van der Waals surface area contributed by atoms with E-state index >= 15 is 0 Å². The molecule has 0 spiro atoms. The molecule has 0 fully saturated rings. The third-order valence-electron chi connectivity index (χ3n) is 2.83. The van der Waals surface area contributed by atoms with E-state index in [1.807, 2.05) is 24.3 Å². The molecule has 0 saturated carbocycles. The molecule has 0 amide bonds. The fourth-order valence-electron chi connectivity index (χ4n) is 1.80. The monoisotopic (exact) mass is 283 g/mol. The molecule has 6 heteroatoms. The first-order valence-corrected chi connectivity index (χ1v) is 6.26. The van der Waals surface area contributed by atoms with Gasteiger partial charge in [-0.1, -0.05) is 18.2 Å². The molecule has 0 unspecified atom stereocenters. The Morgan fingerprint density at radius 3 is 2.57 bits per heavy atom. The van der Waals surface area contributed by atoms with Crippen molar-refractivity contribution in [2.45, 2.75) is 6.54 Å². The molecule has 2 aromatic rings. The minimum absolute atomic E-state index is 0.00541. The average Bonchev–Trinajstić information content (AvgIpc) is 2.52. The number of rotatable bonds is 6. The summed E-state index contributed by atoms with van der Waals surface area (Å²) in [5.41, 5.74) is 1.74. The van der Waals surface area contributed by atoms with Crippen molar-refractivity contribution in [1.29, 1.82) is 5.26 Å². The Morgan fingerprint density at radius 1 is 1.19 bits per heavy atom. The highest BCUT2D eigenvalue weighted by atomic mass is 16.6. The summed E-state index contributed by atoms with van der Waals surface area (Å²) in [7, 11) is 0. The van der Waals surface area contributed by atoms with Gasteiger partial charge >= 0.3 is 0 Å². The Hall–Kier alpha value is -3.07. The van der Waals surface area contributed by atoms with Gasteiger partial charge in [-0.15, -0.1) is 0 Å². The lowest BCUT2D eigenvalue weighted by molar-refractivity contribution is -0.384. The molecule has 0 aliphatic rings. The van der Waals surface area contributed by atoms with Crippen LogP contribution in [0.2, 0.25) is 0 Å². The number of benzene rings is 2. The SMILES string of the molecule is N#CCOc1ccccc1CNc1ccc([N+](=O)[O-])cc1. The first kappa shape index (κ1) is 14.3. The zero-order valence-electron chi connectivity index (χ0n) is 11.2. The summed E-state index contributed by atoms with van der Waals surface area (Å²) < 4.78 is 5.33. The number of non-ortho nitro benzene ring substituents is 1. The zero-order chi connectivity index (χ0) is 15.1. The van der Waals surface area contributed by atoms with Gasteiger partial charge < -0.3 is 10.1 Å². The van der Waals surface area contributed by atoms with E-state index < -0.39 is 4.92 Å². The first-order valence-electron chi connectivity index (χ1n) is 6.26. The van der Waals surface area contributed by atoms with E-state index in [1.165, 1.54) is 12.1 Å². The van der Waals surface area contributed by atoms with Gasteiger partial charge in [-0.25, -0.2) is 0 Å². The highest BCUT2D eigenvalue weighted by Crippen LogP contribution is 2.20. The number of anilines is 1. The van der Waals surface area contributed by atoms with E-state index in [4.69, 9.17) is 10.00 Å². The number of nitriles is 1. The second-order valence-electron chi connectivity index (χ2n) is 4.21. The first-order chi connectivity index (χ1) is 10.2. The largest absolute Gasteiger partial charge is 0.478 e. The van der Waals surface area contributed by atoms with Crippen molar-refractivity contribution < 1.29 is 9.66 Å². The van der Waals surface area contributed by atoms with Gasteiger partial charge in [0.25, 0.3) is 5.69 Å².